The molecule has 1 saturated heterocycles. The van der Waals surface area contributed by atoms with Gasteiger partial charge in [-0.1, -0.05) is 29.8 Å². The summed E-state index contributed by atoms with van der Waals surface area (Å²) in [5.41, 5.74) is 1.50. The number of rotatable bonds is 5. The van der Waals surface area contributed by atoms with E-state index in [0.717, 1.165) is 24.9 Å². The van der Waals surface area contributed by atoms with Crippen molar-refractivity contribution in [1.82, 2.24) is 25.1 Å². The molecule has 3 aromatic rings. The molecule has 7 nitrogen and oxygen atoms in total. The van der Waals surface area contributed by atoms with Crippen molar-refractivity contribution in [1.29, 1.82) is 0 Å². The van der Waals surface area contributed by atoms with E-state index in [0.29, 0.717) is 29.6 Å². The molecule has 0 radical (unpaired) electrons. The van der Waals surface area contributed by atoms with Crippen molar-refractivity contribution in [2.24, 2.45) is 0 Å². The zero-order chi connectivity index (χ0) is 19.3. The minimum absolute atomic E-state index is 0.0528. The molecular weight excluding hydrogens is 376 g/mol. The molecule has 2 aromatic heterocycles. The highest BCUT2D eigenvalue weighted by Gasteiger charge is 2.23. The summed E-state index contributed by atoms with van der Waals surface area (Å²) in [4.78, 5) is 23.4. The Morgan fingerprint density at radius 2 is 2.04 bits per heavy atom. The van der Waals surface area contributed by atoms with E-state index in [1.165, 1.54) is 0 Å². The van der Waals surface area contributed by atoms with Gasteiger partial charge in [0.15, 0.2) is 0 Å². The fraction of sp³-hybridized carbons (Fsp3) is 0.300. The predicted molar refractivity (Wildman–Crippen MR) is 108 cm³/mol. The number of halogens is 1. The second-order valence-corrected chi connectivity index (χ2v) is 7.23. The molecule has 1 fully saturated rings. The first-order valence-corrected chi connectivity index (χ1v) is 9.65. The average Bonchev–Trinajstić information content (AvgIpc) is 3.19. The molecule has 1 amide bonds. The van der Waals surface area contributed by atoms with Gasteiger partial charge in [0.1, 0.15) is 0 Å². The third-order valence-corrected chi connectivity index (χ3v) is 5.15. The number of nitrogens with zero attached hydrogens (tertiary/aromatic N) is 5. The third kappa shape index (κ3) is 4.31. The fourth-order valence-electron chi connectivity index (χ4n) is 3.37. The maximum Gasteiger partial charge on any atom is 0.254 e. The molecule has 144 valence electrons. The van der Waals surface area contributed by atoms with Crippen molar-refractivity contribution in [3.05, 3.63) is 71.3 Å². The number of benzene rings is 1. The van der Waals surface area contributed by atoms with Crippen LogP contribution in [0.5, 0.6) is 0 Å². The smallest absolute Gasteiger partial charge is 0.254 e. The van der Waals surface area contributed by atoms with Crippen molar-refractivity contribution in [3.63, 3.8) is 0 Å². The summed E-state index contributed by atoms with van der Waals surface area (Å²) in [6.07, 6.45) is 8.72. The number of hydrogen-bond donors (Lipinski definition) is 1. The zero-order valence-electron chi connectivity index (χ0n) is 15.3. The molecule has 1 atom stereocenters. The topological polar surface area (TPSA) is 75.9 Å². The largest absolute Gasteiger partial charge is 0.347 e. The van der Waals surface area contributed by atoms with Crippen molar-refractivity contribution < 1.29 is 4.79 Å². The predicted octanol–water partition coefficient (Wildman–Crippen LogP) is 2.77. The normalized spacial score (nSPS) is 16.8. The van der Waals surface area contributed by atoms with Gasteiger partial charge in [-0.15, -0.1) is 0 Å². The van der Waals surface area contributed by atoms with Gasteiger partial charge in [-0.05, 0) is 30.5 Å². The Labute approximate surface area is 168 Å². The summed E-state index contributed by atoms with van der Waals surface area (Å²) >= 11 is 6.20. The average molecular weight is 397 g/mol. The standard InChI is InChI=1S/C20H21ClN6O/c21-18-7-2-1-5-15(18)12-27-13-16(11-24-27)19(28)25-17-6-3-10-26(14-17)20-22-8-4-9-23-20/h1-2,4-5,7-9,11,13,17H,3,6,10,12,14H2,(H,25,28). The highest BCUT2D eigenvalue weighted by atomic mass is 35.5. The minimum Gasteiger partial charge on any atom is -0.347 e. The highest BCUT2D eigenvalue weighted by Crippen LogP contribution is 2.17. The molecule has 0 aliphatic carbocycles. The lowest BCUT2D eigenvalue weighted by atomic mass is 10.1. The van der Waals surface area contributed by atoms with Crippen LogP contribution in [0.1, 0.15) is 28.8 Å². The van der Waals surface area contributed by atoms with E-state index in [9.17, 15) is 4.79 Å². The molecule has 0 bridgehead atoms. The first kappa shape index (κ1) is 18.4. The molecule has 1 N–H and O–H groups in total. The summed E-state index contributed by atoms with van der Waals surface area (Å²) < 4.78 is 1.72. The Morgan fingerprint density at radius 1 is 1.21 bits per heavy atom. The second kappa shape index (κ2) is 8.39. The number of nitrogens with one attached hydrogen (secondary N) is 1. The van der Waals surface area contributed by atoms with Gasteiger partial charge in [-0.3, -0.25) is 9.48 Å². The maximum absolute atomic E-state index is 12.6. The molecule has 0 saturated carbocycles. The summed E-state index contributed by atoms with van der Waals surface area (Å²) in [5, 5.41) is 8.09. The number of piperidine rings is 1. The molecule has 0 spiro atoms. The third-order valence-electron chi connectivity index (χ3n) is 4.78. The van der Waals surface area contributed by atoms with Crippen LogP contribution >= 0.6 is 11.6 Å². The lowest BCUT2D eigenvalue weighted by molar-refractivity contribution is 0.0933. The van der Waals surface area contributed by atoms with Crippen LogP contribution in [0.25, 0.3) is 0 Å². The fourth-order valence-corrected chi connectivity index (χ4v) is 3.56. The molecule has 4 rings (SSSR count). The van der Waals surface area contributed by atoms with E-state index in [4.69, 9.17) is 11.6 Å². The Morgan fingerprint density at radius 3 is 2.86 bits per heavy atom. The van der Waals surface area contributed by atoms with Crippen molar-refractivity contribution in [2.45, 2.75) is 25.4 Å². The quantitative estimate of drug-likeness (QED) is 0.717. The van der Waals surface area contributed by atoms with Crippen molar-refractivity contribution in [3.8, 4) is 0 Å². The van der Waals surface area contributed by atoms with Crippen LogP contribution in [0.2, 0.25) is 5.02 Å². The lowest BCUT2D eigenvalue weighted by Crippen LogP contribution is -2.48. The maximum atomic E-state index is 12.6. The Hall–Kier alpha value is -2.93. The van der Waals surface area contributed by atoms with Crippen LogP contribution in [0.3, 0.4) is 0 Å². The Balaban J connectivity index is 1.37. The van der Waals surface area contributed by atoms with Gasteiger partial charge in [0, 0.05) is 42.7 Å². The van der Waals surface area contributed by atoms with Crippen LogP contribution in [-0.4, -0.2) is 44.8 Å². The zero-order valence-corrected chi connectivity index (χ0v) is 16.1. The van der Waals surface area contributed by atoms with Gasteiger partial charge in [-0.25, -0.2) is 9.97 Å². The number of hydrogen-bond acceptors (Lipinski definition) is 5. The molecule has 1 aliphatic heterocycles. The van der Waals surface area contributed by atoms with Crippen LogP contribution in [0, 0.1) is 0 Å². The van der Waals surface area contributed by atoms with Gasteiger partial charge in [0.05, 0.1) is 18.3 Å². The molecule has 1 unspecified atom stereocenters. The second-order valence-electron chi connectivity index (χ2n) is 6.83. The molecular formula is C20H21ClN6O. The first-order valence-electron chi connectivity index (χ1n) is 9.28. The number of aromatic nitrogens is 4. The van der Waals surface area contributed by atoms with E-state index < -0.39 is 0 Å². The summed E-state index contributed by atoms with van der Waals surface area (Å²) in [5.74, 6) is 0.584. The van der Waals surface area contributed by atoms with Crippen molar-refractivity contribution >= 4 is 23.5 Å². The lowest BCUT2D eigenvalue weighted by Gasteiger charge is -2.33. The van der Waals surface area contributed by atoms with E-state index in [1.54, 1.807) is 35.5 Å². The summed E-state index contributed by atoms with van der Waals surface area (Å²) in [7, 11) is 0. The van der Waals surface area contributed by atoms with E-state index in [1.807, 2.05) is 24.3 Å². The van der Waals surface area contributed by atoms with Crippen LogP contribution < -0.4 is 10.2 Å². The number of carbonyl (C=O) groups is 1. The number of carbonyl (C=O) groups excluding carboxylic acids is 1. The molecule has 8 heteroatoms. The minimum atomic E-state index is -0.119. The van der Waals surface area contributed by atoms with Crippen molar-refractivity contribution in [2.75, 3.05) is 18.0 Å². The molecule has 1 aliphatic rings. The van der Waals surface area contributed by atoms with Gasteiger partial charge in [-0.2, -0.15) is 5.10 Å². The molecule has 1 aromatic carbocycles. The van der Waals surface area contributed by atoms with Gasteiger partial charge in [0.25, 0.3) is 5.91 Å². The van der Waals surface area contributed by atoms with Gasteiger partial charge in [0.2, 0.25) is 5.95 Å². The van der Waals surface area contributed by atoms with Crippen LogP contribution in [0.15, 0.2) is 55.1 Å². The SMILES string of the molecule is O=C(NC1CCCN(c2ncccn2)C1)c1cnn(Cc2ccccc2Cl)c1. The van der Waals surface area contributed by atoms with E-state index in [2.05, 4.69) is 25.3 Å². The van der Waals surface area contributed by atoms with E-state index in [-0.39, 0.29) is 11.9 Å². The van der Waals surface area contributed by atoms with E-state index >= 15 is 0 Å². The highest BCUT2D eigenvalue weighted by molar-refractivity contribution is 6.31. The number of anilines is 1. The Bertz CT molecular complexity index is 945. The van der Waals surface area contributed by atoms with Gasteiger partial charge < -0.3 is 10.2 Å². The van der Waals surface area contributed by atoms with Crippen LogP contribution in [0.4, 0.5) is 5.95 Å². The van der Waals surface area contributed by atoms with Gasteiger partial charge >= 0.3 is 0 Å². The monoisotopic (exact) mass is 396 g/mol. The summed E-state index contributed by atoms with van der Waals surface area (Å²) in [6.45, 7) is 2.12. The molecule has 3 heterocycles. The first-order chi connectivity index (χ1) is 13.7. The van der Waals surface area contributed by atoms with Crippen LogP contribution in [-0.2, 0) is 6.54 Å². The molecule has 28 heavy (non-hydrogen) atoms. The number of amides is 1. The summed E-state index contributed by atoms with van der Waals surface area (Å²) in [6, 6.07) is 9.47. The Kier molecular flexibility index (Phi) is 5.53.